The summed E-state index contributed by atoms with van der Waals surface area (Å²) in [4.78, 5) is 36.7. The Balaban J connectivity index is 2.13. The van der Waals surface area contributed by atoms with Gasteiger partial charge in [-0.15, -0.1) is 11.3 Å². The Hall–Kier alpha value is -2.79. The quantitative estimate of drug-likeness (QED) is 0.373. The number of thiazole rings is 1. The molecule has 0 spiro atoms. The number of methoxy groups -OCH3 is 2. The fourth-order valence-electron chi connectivity index (χ4n) is 2.34. The molecule has 2 heterocycles. The average Bonchev–Trinajstić information content (AvgIpc) is 3.34. The lowest BCUT2D eigenvalue weighted by Crippen LogP contribution is -2.40. The van der Waals surface area contributed by atoms with Gasteiger partial charge in [-0.1, -0.05) is 0 Å². The predicted molar refractivity (Wildman–Crippen MR) is 108 cm³/mol. The lowest BCUT2D eigenvalue weighted by atomic mass is 10.3. The Kier molecular flexibility index (Phi) is 7.85. The van der Waals surface area contributed by atoms with E-state index in [0.29, 0.717) is 11.5 Å². The largest absolute Gasteiger partial charge is 0.483 e. The molecule has 0 aromatic carbocycles. The van der Waals surface area contributed by atoms with Gasteiger partial charge in [0.05, 0.1) is 20.3 Å². The van der Waals surface area contributed by atoms with Gasteiger partial charge in [0.1, 0.15) is 29.0 Å². The molecule has 2 aromatic rings. The molecule has 2 atom stereocenters. The van der Waals surface area contributed by atoms with Crippen LogP contribution in [-0.4, -0.2) is 61.6 Å². The molecule has 0 aliphatic heterocycles. The summed E-state index contributed by atoms with van der Waals surface area (Å²) in [6.45, 7) is 5.13. The van der Waals surface area contributed by atoms with Gasteiger partial charge >= 0.3 is 5.97 Å². The van der Waals surface area contributed by atoms with Gasteiger partial charge in [0, 0.05) is 5.38 Å². The Morgan fingerprint density at radius 1 is 1.28 bits per heavy atom. The lowest BCUT2D eigenvalue weighted by molar-refractivity contribution is -0.138. The van der Waals surface area contributed by atoms with E-state index in [1.54, 1.807) is 13.8 Å². The number of aryl methyl sites for hydroxylation is 1. The summed E-state index contributed by atoms with van der Waals surface area (Å²) in [6.07, 6.45) is 0. The zero-order valence-electron chi connectivity index (χ0n) is 17.2. The number of nitrogens with one attached hydrogen (secondary N) is 2. The standard InChI is InChI=1S/C18H25N5O5S/c1-9(16(27-6)20-7-13(24)26-5)21-15(25)14-11(3)28-17(23-14)12-8-29-18(22-12)10(2)19-4/h8-10,19H,7H2,1-6H3,(H,21,25). The van der Waals surface area contributed by atoms with Crippen LogP contribution in [-0.2, 0) is 14.3 Å². The van der Waals surface area contributed by atoms with Gasteiger partial charge in [-0.05, 0) is 27.8 Å². The van der Waals surface area contributed by atoms with E-state index in [1.165, 1.54) is 25.6 Å². The second-order valence-corrected chi connectivity index (χ2v) is 7.02. The Bertz CT molecular complexity index is 891. The fourth-order valence-corrected chi connectivity index (χ4v) is 3.20. The highest BCUT2D eigenvalue weighted by atomic mass is 32.1. The Labute approximate surface area is 172 Å². The monoisotopic (exact) mass is 423 g/mol. The van der Waals surface area contributed by atoms with Crippen molar-refractivity contribution in [2.24, 2.45) is 4.99 Å². The highest BCUT2D eigenvalue weighted by molar-refractivity contribution is 7.10. The molecule has 2 aromatic heterocycles. The molecule has 2 rings (SSSR count). The SMILES string of the molecule is CNC(C)c1nc(-c2nc(C(=O)NC(C)C(=NCC(=O)OC)OC)c(C)o2)cs1. The maximum atomic E-state index is 12.6. The molecular weight excluding hydrogens is 398 g/mol. The number of ether oxygens (including phenoxy) is 2. The van der Waals surface area contributed by atoms with Gasteiger partial charge in [-0.2, -0.15) is 0 Å². The molecule has 2 N–H and O–H groups in total. The number of carbonyl (C=O) groups is 2. The maximum Gasteiger partial charge on any atom is 0.327 e. The van der Waals surface area contributed by atoms with Crippen molar-refractivity contribution in [1.82, 2.24) is 20.6 Å². The zero-order valence-corrected chi connectivity index (χ0v) is 18.0. The average molecular weight is 423 g/mol. The number of nitrogens with zero attached hydrogens (tertiary/aromatic N) is 3. The molecule has 0 aliphatic rings. The van der Waals surface area contributed by atoms with E-state index in [-0.39, 0.29) is 30.1 Å². The Morgan fingerprint density at radius 2 is 2.00 bits per heavy atom. The molecular formula is C18H25N5O5S. The van der Waals surface area contributed by atoms with Gasteiger partial charge in [0.2, 0.25) is 11.8 Å². The van der Waals surface area contributed by atoms with Gasteiger partial charge in [-0.3, -0.25) is 9.59 Å². The van der Waals surface area contributed by atoms with E-state index in [1.807, 2.05) is 19.4 Å². The van der Waals surface area contributed by atoms with Crippen molar-refractivity contribution in [1.29, 1.82) is 0 Å². The van der Waals surface area contributed by atoms with Crippen LogP contribution in [0.2, 0.25) is 0 Å². The number of oxazole rings is 1. The molecule has 0 radical (unpaired) electrons. The number of rotatable bonds is 8. The van der Waals surface area contributed by atoms with Crippen molar-refractivity contribution in [2.45, 2.75) is 32.9 Å². The number of aromatic nitrogens is 2. The van der Waals surface area contributed by atoms with Crippen molar-refractivity contribution >= 4 is 29.1 Å². The lowest BCUT2D eigenvalue weighted by Gasteiger charge is -2.14. The van der Waals surface area contributed by atoms with Crippen molar-refractivity contribution < 1.29 is 23.5 Å². The molecule has 2 unspecified atom stereocenters. The number of hydrogen-bond donors (Lipinski definition) is 2. The van der Waals surface area contributed by atoms with Crippen LogP contribution in [0.4, 0.5) is 0 Å². The summed E-state index contributed by atoms with van der Waals surface area (Å²) in [6, 6.07) is -0.482. The highest BCUT2D eigenvalue weighted by Crippen LogP contribution is 2.26. The summed E-state index contributed by atoms with van der Waals surface area (Å²) in [5, 5.41) is 8.58. The first-order valence-electron chi connectivity index (χ1n) is 8.87. The topological polar surface area (TPSA) is 128 Å². The Morgan fingerprint density at radius 3 is 2.62 bits per heavy atom. The third kappa shape index (κ3) is 5.61. The molecule has 0 saturated carbocycles. The van der Waals surface area contributed by atoms with E-state index in [4.69, 9.17) is 9.15 Å². The van der Waals surface area contributed by atoms with Gasteiger partial charge < -0.3 is 24.5 Å². The molecule has 0 saturated heterocycles. The molecule has 0 fully saturated rings. The van der Waals surface area contributed by atoms with Crippen LogP contribution in [0.25, 0.3) is 11.6 Å². The second-order valence-electron chi connectivity index (χ2n) is 6.14. The maximum absolute atomic E-state index is 12.6. The molecule has 29 heavy (non-hydrogen) atoms. The minimum absolute atomic E-state index is 0.102. The normalized spacial score (nSPS) is 13.7. The van der Waals surface area contributed by atoms with E-state index in [0.717, 1.165) is 5.01 Å². The number of amides is 1. The summed E-state index contributed by atoms with van der Waals surface area (Å²) >= 11 is 1.48. The molecule has 158 valence electrons. The number of esters is 1. The number of carbonyl (C=O) groups excluding carboxylic acids is 2. The summed E-state index contributed by atoms with van der Waals surface area (Å²) in [5.41, 5.74) is 0.714. The molecule has 1 amide bonds. The summed E-state index contributed by atoms with van der Waals surface area (Å²) in [7, 11) is 4.53. The second kappa shape index (κ2) is 10.1. The van der Waals surface area contributed by atoms with Crippen LogP contribution >= 0.6 is 11.3 Å². The molecule has 0 bridgehead atoms. The van der Waals surface area contributed by atoms with E-state index < -0.39 is 17.9 Å². The molecule has 0 aliphatic carbocycles. The fraction of sp³-hybridized carbons (Fsp3) is 0.500. The van der Waals surface area contributed by atoms with E-state index >= 15 is 0 Å². The van der Waals surface area contributed by atoms with Gasteiger partial charge in [0.25, 0.3) is 5.91 Å². The van der Waals surface area contributed by atoms with Crippen LogP contribution < -0.4 is 10.6 Å². The third-order valence-electron chi connectivity index (χ3n) is 4.08. The summed E-state index contributed by atoms with van der Waals surface area (Å²) in [5.74, 6) is -0.128. The first kappa shape index (κ1) is 22.5. The predicted octanol–water partition coefficient (Wildman–Crippen LogP) is 1.72. The number of aliphatic imine (C=N–C) groups is 1. The molecule has 11 heteroatoms. The van der Waals surface area contributed by atoms with Crippen LogP contribution in [0.1, 0.15) is 41.1 Å². The third-order valence-corrected chi connectivity index (χ3v) is 5.10. The van der Waals surface area contributed by atoms with Crippen LogP contribution in [0.15, 0.2) is 14.8 Å². The minimum Gasteiger partial charge on any atom is -0.483 e. The van der Waals surface area contributed by atoms with Crippen LogP contribution in [0, 0.1) is 6.92 Å². The highest BCUT2D eigenvalue weighted by Gasteiger charge is 2.23. The summed E-state index contributed by atoms with van der Waals surface area (Å²) < 4.78 is 15.3. The smallest absolute Gasteiger partial charge is 0.327 e. The van der Waals surface area contributed by atoms with E-state index in [9.17, 15) is 9.59 Å². The first-order chi connectivity index (χ1) is 13.8. The van der Waals surface area contributed by atoms with Gasteiger partial charge in [0.15, 0.2) is 5.69 Å². The minimum atomic E-state index is -0.584. The van der Waals surface area contributed by atoms with Crippen LogP contribution in [0.3, 0.4) is 0 Å². The number of hydrogen-bond acceptors (Lipinski definition) is 10. The first-order valence-corrected chi connectivity index (χ1v) is 9.75. The van der Waals surface area contributed by atoms with Crippen molar-refractivity contribution in [3.8, 4) is 11.6 Å². The van der Waals surface area contributed by atoms with Crippen molar-refractivity contribution in [2.75, 3.05) is 27.8 Å². The van der Waals surface area contributed by atoms with Crippen molar-refractivity contribution in [3.05, 3.63) is 21.8 Å². The van der Waals surface area contributed by atoms with Crippen LogP contribution in [0.5, 0.6) is 0 Å². The zero-order chi connectivity index (χ0) is 21.6. The van der Waals surface area contributed by atoms with E-state index in [2.05, 4.69) is 30.3 Å². The molecule has 10 nitrogen and oxygen atoms in total. The van der Waals surface area contributed by atoms with Crippen molar-refractivity contribution in [3.63, 3.8) is 0 Å². The van der Waals surface area contributed by atoms with Gasteiger partial charge in [-0.25, -0.2) is 15.0 Å².